The van der Waals surface area contributed by atoms with E-state index in [0.29, 0.717) is 40.7 Å². The zero-order chi connectivity index (χ0) is 17.1. The highest BCUT2D eigenvalue weighted by Crippen LogP contribution is 2.28. The van der Waals surface area contributed by atoms with Gasteiger partial charge in [0, 0.05) is 6.20 Å². The van der Waals surface area contributed by atoms with Crippen molar-refractivity contribution < 1.29 is 9.13 Å². The van der Waals surface area contributed by atoms with Gasteiger partial charge >= 0.3 is 0 Å². The number of ether oxygens (including phenoxy) is 1. The second-order valence-electron chi connectivity index (χ2n) is 5.00. The summed E-state index contributed by atoms with van der Waals surface area (Å²) in [7, 11) is 0. The number of hydrogen-bond acceptors (Lipinski definition) is 6. The van der Waals surface area contributed by atoms with Crippen LogP contribution in [0.15, 0.2) is 12.4 Å². The van der Waals surface area contributed by atoms with Gasteiger partial charge in [0.05, 0.1) is 41.7 Å². The number of nitrogens with zero attached hydrogens (tertiary/aromatic N) is 5. The monoisotopic (exact) mass is 329 g/mol. The molecule has 0 aliphatic rings. The van der Waals surface area contributed by atoms with Gasteiger partial charge in [-0.3, -0.25) is 4.68 Å². The summed E-state index contributed by atoms with van der Waals surface area (Å²) in [5.74, 6) is 0.636. The molecule has 24 heavy (non-hydrogen) atoms. The molecular formula is C15H16FN7O. The van der Waals surface area contributed by atoms with Gasteiger partial charge in [-0.05, 0) is 13.8 Å². The number of aromatic amines is 1. The van der Waals surface area contributed by atoms with Gasteiger partial charge in [0.2, 0.25) is 11.8 Å². The number of halogens is 1. The van der Waals surface area contributed by atoms with Crippen molar-refractivity contribution in [2.45, 2.75) is 20.4 Å². The van der Waals surface area contributed by atoms with Gasteiger partial charge in [-0.1, -0.05) is 0 Å². The normalized spacial score (nSPS) is 10.8. The van der Waals surface area contributed by atoms with Crippen molar-refractivity contribution >= 4 is 22.7 Å². The number of aryl methyl sites for hydroxylation is 1. The number of aromatic nitrogens is 5. The van der Waals surface area contributed by atoms with Crippen LogP contribution in [0.3, 0.4) is 0 Å². The van der Waals surface area contributed by atoms with Crippen molar-refractivity contribution in [1.82, 2.24) is 24.7 Å². The molecular weight excluding hydrogens is 313 g/mol. The summed E-state index contributed by atoms with van der Waals surface area (Å²) in [6.07, 6.45) is 3.16. The molecule has 0 fully saturated rings. The van der Waals surface area contributed by atoms with Gasteiger partial charge < -0.3 is 15.0 Å². The first-order valence-electron chi connectivity index (χ1n) is 7.45. The second kappa shape index (κ2) is 6.54. The molecule has 0 radical (unpaired) electrons. The molecule has 0 spiro atoms. The Bertz CT molecular complexity index is 909. The Morgan fingerprint density at radius 1 is 1.46 bits per heavy atom. The summed E-state index contributed by atoms with van der Waals surface area (Å²) in [5.41, 5.74) is 2.38. The van der Waals surface area contributed by atoms with Crippen LogP contribution in [-0.2, 0) is 6.54 Å². The van der Waals surface area contributed by atoms with E-state index in [9.17, 15) is 9.65 Å². The number of nitrogens with one attached hydrogen (secondary N) is 2. The molecule has 0 saturated carbocycles. The highest BCUT2D eigenvalue weighted by atomic mass is 19.1. The third-order valence-electron chi connectivity index (χ3n) is 3.55. The number of nitriles is 1. The molecule has 0 amide bonds. The maximum Gasteiger partial charge on any atom is 0.232 e. The molecule has 2 N–H and O–H groups in total. The molecule has 9 heteroatoms. The Labute approximate surface area is 137 Å². The van der Waals surface area contributed by atoms with Crippen molar-refractivity contribution in [2.75, 3.05) is 18.6 Å². The van der Waals surface area contributed by atoms with E-state index < -0.39 is 6.67 Å². The highest BCUT2D eigenvalue weighted by Gasteiger charge is 2.16. The van der Waals surface area contributed by atoms with Crippen LogP contribution in [0.2, 0.25) is 0 Å². The smallest absolute Gasteiger partial charge is 0.232 e. The Morgan fingerprint density at radius 2 is 2.29 bits per heavy atom. The van der Waals surface area contributed by atoms with Crippen molar-refractivity contribution in [3.8, 4) is 11.9 Å². The molecule has 3 aromatic rings. The first kappa shape index (κ1) is 15.7. The molecule has 8 nitrogen and oxygen atoms in total. The fraction of sp³-hybridized carbons (Fsp3) is 0.333. The summed E-state index contributed by atoms with van der Waals surface area (Å²) in [5, 5.41) is 16.9. The average Bonchev–Trinajstić information content (AvgIpc) is 3.14. The van der Waals surface area contributed by atoms with Gasteiger partial charge in [-0.15, -0.1) is 0 Å². The van der Waals surface area contributed by atoms with Crippen LogP contribution < -0.4 is 10.1 Å². The maximum absolute atomic E-state index is 12.5. The topological polar surface area (TPSA) is 104 Å². The summed E-state index contributed by atoms with van der Waals surface area (Å²) >= 11 is 0. The molecule has 0 saturated heterocycles. The molecule has 0 aliphatic heterocycles. The molecule has 0 bridgehead atoms. The molecule has 0 aliphatic carbocycles. The van der Waals surface area contributed by atoms with Crippen molar-refractivity contribution in [3.05, 3.63) is 23.7 Å². The lowest BCUT2D eigenvalue weighted by atomic mass is 10.2. The lowest BCUT2D eigenvalue weighted by Crippen LogP contribution is -2.05. The Morgan fingerprint density at radius 3 is 3.00 bits per heavy atom. The molecule has 3 rings (SSSR count). The van der Waals surface area contributed by atoms with Crippen LogP contribution in [0.4, 0.5) is 16.0 Å². The van der Waals surface area contributed by atoms with Crippen molar-refractivity contribution in [1.29, 1.82) is 5.26 Å². The molecule has 3 aromatic heterocycles. The van der Waals surface area contributed by atoms with Crippen molar-refractivity contribution in [3.63, 3.8) is 0 Å². The second-order valence-corrected chi connectivity index (χ2v) is 5.00. The quantitative estimate of drug-likeness (QED) is 0.720. The maximum atomic E-state index is 12.5. The van der Waals surface area contributed by atoms with E-state index >= 15 is 0 Å². The van der Waals surface area contributed by atoms with E-state index in [2.05, 4.69) is 31.4 Å². The van der Waals surface area contributed by atoms with E-state index in [1.54, 1.807) is 17.1 Å². The number of hydrogen-bond donors (Lipinski definition) is 2. The molecule has 0 aromatic carbocycles. The van der Waals surface area contributed by atoms with E-state index in [1.165, 1.54) is 0 Å². The van der Waals surface area contributed by atoms with Crippen LogP contribution in [0.5, 0.6) is 5.88 Å². The number of anilines is 2. The van der Waals surface area contributed by atoms with E-state index in [4.69, 9.17) is 4.74 Å². The fourth-order valence-corrected chi connectivity index (χ4v) is 2.38. The number of alkyl halides is 1. The van der Waals surface area contributed by atoms with E-state index in [0.717, 1.165) is 5.69 Å². The zero-order valence-electron chi connectivity index (χ0n) is 13.3. The Hall–Kier alpha value is -3.15. The first-order chi connectivity index (χ1) is 11.7. The van der Waals surface area contributed by atoms with Crippen molar-refractivity contribution in [2.24, 2.45) is 0 Å². The minimum Gasteiger partial charge on any atom is -0.477 e. The average molecular weight is 329 g/mol. The van der Waals surface area contributed by atoms with Gasteiger partial charge in [0.25, 0.3) is 0 Å². The third-order valence-corrected chi connectivity index (χ3v) is 3.55. The minimum atomic E-state index is -0.488. The lowest BCUT2D eigenvalue weighted by Gasteiger charge is -2.08. The minimum absolute atomic E-state index is 0.194. The molecule has 0 atom stereocenters. The summed E-state index contributed by atoms with van der Waals surface area (Å²) in [6.45, 7) is 3.79. The zero-order valence-corrected chi connectivity index (χ0v) is 13.3. The van der Waals surface area contributed by atoms with Gasteiger partial charge in [0.15, 0.2) is 0 Å². The first-order valence-corrected chi connectivity index (χ1v) is 7.45. The highest BCUT2D eigenvalue weighted by molar-refractivity contribution is 5.88. The predicted molar refractivity (Wildman–Crippen MR) is 86.0 cm³/mol. The standard InChI is InChI=1S/C15H16FN7O/c1-3-24-14-12-10(6-17)7-18-13(12)21-15(22-14)20-11-8-19-23(5-4-16)9(11)2/h7-8H,3-5H2,1-2H3,(H2,18,20,21,22). The molecule has 124 valence electrons. The molecule has 3 heterocycles. The summed E-state index contributed by atoms with van der Waals surface area (Å²) < 4.78 is 19.6. The van der Waals surface area contributed by atoms with Gasteiger partial charge in [-0.25, -0.2) is 4.39 Å². The summed E-state index contributed by atoms with van der Waals surface area (Å²) in [6, 6.07) is 2.08. The lowest BCUT2D eigenvalue weighted by molar-refractivity contribution is 0.331. The SMILES string of the molecule is CCOc1nc(Nc2cnn(CCF)c2C)nc2[nH]cc(C#N)c12. The predicted octanol–water partition coefficient (Wildman–Crippen LogP) is 2.45. The molecule has 0 unspecified atom stereocenters. The van der Waals surface area contributed by atoms with E-state index in [1.807, 2.05) is 13.8 Å². The third kappa shape index (κ3) is 2.74. The number of H-pyrrole nitrogens is 1. The van der Waals surface area contributed by atoms with Crippen LogP contribution in [0.25, 0.3) is 11.0 Å². The Kier molecular flexibility index (Phi) is 4.29. The number of fused-ring (bicyclic) bond motifs is 1. The van der Waals surface area contributed by atoms with Gasteiger partial charge in [-0.2, -0.15) is 20.3 Å². The largest absolute Gasteiger partial charge is 0.477 e. The number of rotatable bonds is 6. The van der Waals surface area contributed by atoms with Gasteiger partial charge in [0.1, 0.15) is 18.4 Å². The van der Waals surface area contributed by atoms with Crippen LogP contribution in [0.1, 0.15) is 18.2 Å². The summed E-state index contributed by atoms with van der Waals surface area (Å²) in [4.78, 5) is 11.6. The van der Waals surface area contributed by atoms with Crippen LogP contribution >= 0.6 is 0 Å². The van der Waals surface area contributed by atoms with Crippen LogP contribution in [0, 0.1) is 18.3 Å². The van der Waals surface area contributed by atoms with Crippen LogP contribution in [-0.4, -0.2) is 38.0 Å². The van der Waals surface area contributed by atoms with E-state index in [-0.39, 0.29) is 6.54 Å². The fourth-order valence-electron chi connectivity index (χ4n) is 2.38. The Balaban J connectivity index is 2.00.